The molecule has 0 amide bonds. The van der Waals surface area contributed by atoms with Gasteiger partial charge in [-0.05, 0) is 0 Å². The minimum Gasteiger partial charge on any atom is -0.388 e. The fourth-order valence-corrected chi connectivity index (χ4v) is 1.03. The number of methoxy groups -OCH3 is 1. The molecule has 0 saturated carbocycles. The predicted molar refractivity (Wildman–Crippen MR) is 34.8 cm³/mol. The van der Waals surface area contributed by atoms with Crippen LogP contribution in [0.5, 0.6) is 0 Å². The highest BCUT2D eigenvalue weighted by Gasteiger charge is 2.37. The first-order valence-electron chi connectivity index (χ1n) is 3.35. The molecule has 1 heterocycles. The molecule has 1 saturated heterocycles. The summed E-state index contributed by atoms with van der Waals surface area (Å²) in [6.45, 7) is -0.0673. The number of aliphatic hydroxyl groups excluding tert-OH is 3. The summed E-state index contributed by atoms with van der Waals surface area (Å²) < 4.78 is 9.39. The Bertz CT molecular complexity index is 128. The van der Waals surface area contributed by atoms with E-state index < -0.39 is 24.6 Å². The Morgan fingerprint density at radius 2 is 2.00 bits per heavy atom. The summed E-state index contributed by atoms with van der Waals surface area (Å²) in [4.78, 5) is 0. The molecule has 0 bridgehead atoms. The van der Waals surface area contributed by atoms with Gasteiger partial charge in [0, 0.05) is 7.11 Å². The normalized spacial score (nSPS) is 45.8. The van der Waals surface area contributed by atoms with Crippen LogP contribution < -0.4 is 0 Å². The topological polar surface area (TPSA) is 79.2 Å². The SMILES string of the molecule is CO[C@@H]1C(O)OC[C@@H](O)[C@@H]1O. The molecule has 0 aliphatic carbocycles. The second kappa shape index (κ2) is 3.46. The summed E-state index contributed by atoms with van der Waals surface area (Å²) in [5.41, 5.74) is 0. The molecule has 5 nitrogen and oxygen atoms in total. The maximum Gasteiger partial charge on any atom is 0.183 e. The lowest BCUT2D eigenvalue weighted by molar-refractivity contribution is -0.258. The van der Waals surface area contributed by atoms with Crippen LogP contribution in [0.25, 0.3) is 0 Å². The van der Waals surface area contributed by atoms with Crippen LogP contribution in [0.3, 0.4) is 0 Å². The van der Waals surface area contributed by atoms with E-state index in [1.165, 1.54) is 7.11 Å². The molecule has 1 rings (SSSR count). The van der Waals surface area contributed by atoms with Crippen molar-refractivity contribution in [2.45, 2.75) is 24.6 Å². The van der Waals surface area contributed by atoms with Crippen molar-refractivity contribution in [2.24, 2.45) is 0 Å². The van der Waals surface area contributed by atoms with Gasteiger partial charge >= 0.3 is 0 Å². The monoisotopic (exact) mass is 164 g/mol. The van der Waals surface area contributed by atoms with Gasteiger partial charge in [-0.3, -0.25) is 0 Å². The van der Waals surface area contributed by atoms with Crippen molar-refractivity contribution in [3.8, 4) is 0 Å². The van der Waals surface area contributed by atoms with E-state index in [2.05, 4.69) is 4.74 Å². The summed E-state index contributed by atoms with van der Waals surface area (Å²) in [7, 11) is 1.33. The van der Waals surface area contributed by atoms with Crippen LogP contribution in [-0.4, -0.2) is 53.6 Å². The number of hydrogen-bond donors (Lipinski definition) is 3. The van der Waals surface area contributed by atoms with Crippen molar-refractivity contribution < 1.29 is 24.8 Å². The third-order valence-corrected chi connectivity index (χ3v) is 1.72. The molecule has 1 fully saturated rings. The zero-order valence-electron chi connectivity index (χ0n) is 6.17. The second-order valence-electron chi connectivity index (χ2n) is 2.48. The molecule has 1 aliphatic rings. The van der Waals surface area contributed by atoms with Gasteiger partial charge in [0.25, 0.3) is 0 Å². The van der Waals surface area contributed by atoms with Gasteiger partial charge in [0.1, 0.15) is 18.3 Å². The van der Waals surface area contributed by atoms with Gasteiger partial charge in [-0.25, -0.2) is 0 Å². The van der Waals surface area contributed by atoms with E-state index in [4.69, 9.17) is 14.9 Å². The summed E-state index contributed by atoms with van der Waals surface area (Å²) in [5.74, 6) is 0. The Labute approximate surface area is 64.2 Å². The van der Waals surface area contributed by atoms with E-state index in [-0.39, 0.29) is 6.61 Å². The quantitative estimate of drug-likeness (QED) is 0.420. The predicted octanol–water partition coefficient (Wildman–Crippen LogP) is -1.93. The summed E-state index contributed by atoms with van der Waals surface area (Å²) in [6.07, 6.45) is -4.08. The molecular formula is C6H12O5. The van der Waals surface area contributed by atoms with Crippen LogP contribution in [0.1, 0.15) is 0 Å². The van der Waals surface area contributed by atoms with Crippen LogP contribution >= 0.6 is 0 Å². The summed E-state index contributed by atoms with van der Waals surface area (Å²) in [6, 6.07) is 0. The lowest BCUT2D eigenvalue weighted by atomic mass is 10.1. The van der Waals surface area contributed by atoms with Gasteiger partial charge in [-0.2, -0.15) is 0 Å². The number of hydrogen-bond acceptors (Lipinski definition) is 5. The van der Waals surface area contributed by atoms with Crippen LogP contribution in [0.4, 0.5) is 0 Å². The third-order valence-electron chi connectivity index (χ3n) is 1.72. The lowest BCUT2D eigenvalue weighted by Gasteiger charge is -2.34. The average molecular weight is 164 g/mol. The third kappa shape index (κ3) is 1.69. The molecule has 0 aromatic rings. The molecule has 11 heavy (non-hydrogen) atoms. The molecule has 5 heteroatoms. The Hall–Kier alpha value is -0.200. The van der Waals surface area contributed by atoms with Crippen molar-refractivity contribution in [1.29, 1.82) is 0 Å². The lowest BCUT2D eigenvalue weighted by Crippen LogP contribution is -2.53. The molecule has 0 aromatic heterocycles. The van der Waals surface area contributed by atoms with Crippen LogP contribution in [-0.2, 0) is 9.47 Å². The maximum atomic E-state index is 9.19. The minimum atomic E-state index is -1.15. The molecule has 1 unspecified atom stereocenters. The number of aliphatic hydroxyl groups is 3. The van der Waals surface area contributed by atoms with Crippen molar-refractivity contribution in [1.82, 2.24) is 0 Å². The van der Waals surface area contributed by atoms with Gasteiger partial charge < -0.3 is 24.8 Å². The van der Waals surface area contributed by atoms with Crippen molar-refractivity contribution in [3.63, 3.8) is 0 Å². The fraction of sp³-hybridized carbons (Fsp3) is 1.00. The summed E-state index contributed by atoms with van der Waals surface area (Å²) >= 11 is 0. The molecule has 4 atom stereocenters. The Morgan fingerprint density at radius 3 is 2.45 bits per heavy atom. The largest absolute Gasteiger partial charge is 0.388 e. The van der Waals surface area contributed by atoms with Crippen molar-refractivity contribution in [3.05, 3.63) is 0 Å². The van der Waals surface area contributed by atoms with Crippen molar-refractivity contribution in [2.75, 3.05) is 13.7 Å². The second-order valence-corrected chi connectivity index (χ2v) is 2.48. The van der Waals surface area contributed by atoms with E-state index in [0.717, 1.165) is 0 Å². The zero-order chi connectivity index (χ0) is 8.43. The Morgan fingerprint density at radius 1 is 1.36 bits per heavy atom. The number of rotatable bonds is 1. The molecule has 0 radical (unpaired) electrons. The van der Waals surface area contributed by atoms with Gasteiger partial charge in [-0.15, -0.1) is 0 Å². The van der Waals surface area contributed by atoms with E-state index in [1.54, 1.807) is 0 Å². The van der Waals surface area contributed by atoms with Gasteiger partial charge in [0.15, 0.2) is 6.29 Å². The standard InChI is InChI=1S/C6H12O5/c1-10-5-4(8)3(7)2-11-6(5)9/h3-9H,2H2,1H3/t3-,4+,5+,6?/m1/s1. The Balaban J connectivity index is 2.55. The average Bonchev–Trinajstić information content (AvgIpc) is 1.99. The van der Waals surface area contributed by atoms with E-state index in [9.17, 15) is 5.11 Å². The highest BCUT2D eigenvalue weighted by atomic mass is 16.6. The van der Waals surface area contributed by atoms with Crippen LogP contribution in [0, 0.1) is 0 Å². The summed E-state index contributed by atoms with van der Waals surface area (Å²) in [5, 5.41) is 27.3. The highest BCUT2D eigenvalue weighted by Crippen LogP contribution is 2.15. The highest BCUT2D eigenvalue weighted by molar-refractivity contribution is 4.82. The molecule has 0 spiro atoms. The maximum absolute atomic E-state index is 9.19. The van der Waals surface area contributed by atoms with E-state index >= 15 is 0 Å². The molecule has 1 aliphatic heterocycles. The first kappa shape index (κ1) is 8.89. The minimum absolute atomic E-state index is 0.0673. The molecular weight excluding hydrogens is 152 g/mol. The smallest absolute Gasteiger partial charge is 0.183 e. The van der Waals surface area contributed by atoms with Gasteiger partial charge in [0.05, 0.1) is 6.61 Å². The van der Waals surface area contributed by atoms with Crippen LogP contribution in [0.15, 0.2) is 0 Å². The first-order valence-corrected chi connectivity index (χ1v) is 3.35. The van der Waals surface area contributed by atoms with E-state index in [0.29, 0.717) is 0 Å². The van der Waals surface area contributed by atoms with Gasteiger partial charge in [0.2, 0.25) is 0 Å². The number of ether oxygens (including phenoxy) is 2. The van der Waals surface area contributed by atoms with Crippen LogP contribution in [0.2, 0.25) is 0 Å². The van der Waals surface area contributed by atoms with E-state index in [1.807, 2.05) is 0 Å². The molecule has 0 aromatic carbocycles. The zero-order valence-corrected chi connectivity index (χ0v) is 6.17. The first-order chi connectivity index (χ1) is 5.16. The van der Waals surface area contributed by atoms with Gasteiger partial charge in [-0.1, -0.05) is 0 Å². The fourth-order valence-electron chi connectivity index (χ4n) is 1.03. The molecule has 66 valence electrons. The Kier molecular flexibility index (Phi) is 2.80. The molecule has 3 N–H and O–H groups in total. The van der Waals surface area contributed by atoms with Crippen molar-refractivity contribution >= 4 is 0 Å².